The summed E-state index contributed by atoms with van der Waals surface area (Å²) in [4.78, 5) is 16.9. The van der Waals surface area contributed by atoms with E-state index in [-0.39, 0.29) is 11.7 Å². The van der Waals surface area contributed by atoms with Crippen LogP contribution >= 0.6 is 0 Å². The maximum absolute atomic E-state index is 7.34. The van der Waals surface area contributed by atoms with Crippen LogP contribution in [0.25, 0.3) is 22.5 Å². The van der Waals surface area contributed by atoms with E-state index in [0.717, 1.165) is 16.7 Å². The van der Waals surface area contributed by atoms with Crippen LogP contribution in [0, 0.1) is 10.8 Å². The van der Waals surface area contributed by atoms with Crippen molar-refractivity contribution in [3.8, 4) is 22.5 Å². The maximum Gasteiger partial charge on any atom is 0.160 e. The maximum atomic E-state index is 7.34. The van der Waals surface area contributed by atoms with Gasteiger partial charge < -0.3 is 11.5 Å². The molecule has 0 spiro atoms. The fraction of sp³-hybridized carbons (Fsp3) is 0. The van der Waals surface area contributed by atoms with Crippen molar-refractivity contribution >= 4 is 11.7 Å². The second kappa shape index (κ2) is 6.21. The van der Waals surface area contributed by atoms with Gasteiger partial charge in [0.1, 0.15) is 23.1 Å². The van der Waals surface area contributed by atoms with Crippen LogP contribution in [-0.2, 0) is 0 Å². The Hall–Kier alpha value is -3.68. The predicted molar refractivity (Wildman–Crippen MR) is 90.5 cm³/mol. The molecule has 0 aliphatic carbocycles. The Morgan fingerprint density at radius 3 is 1.50 bits per heavy atom. The zero-order valence-corrected chi connectivity index (χ0v) is 12.6. The summed E-state index contributed by atoms with van der Waals surface area (Å²) >= 11 is 0. The summed E-state index contributed by atoms with van der Waals surface area (Å²) in [5, 5.41) is 14.7. The molecule has 3 heterocycles. The first-order chi connectivity index (χ1) is 11.5. The zero-order valence-electron chi connectivity index (χ0n) is 12.6. The number of pyridine rings is 2. The molecule has 0 bridgehead atoms. The molecule has 3 aromatic rings. The minimum atomic E-state index is -0.0840. The van der Waals surface area contributed by atoms with Gasteiger partial charge in [-0.15, -0.1) is 0 Å². The Kier molecular flexibility index (Phi) is 3.94. The molecule has 8 nitrogen and oxygen atoms in total. The highest BCUT2D eigenvalue weighted by molar-refractivity contribution is 5.93. The molecular formula is C16H14N8. The summed E-state index contributed by atoms with van der Waals surface area (Å²) in [5.74, 6) is 0.364. The van der Waals surface area contributed by atoms with Crippen LogP contribution in [0.5, 0.6) is 0 Å². The smallest absolute Gasteiger partial charge is 0.160 e. The zero-order chi connectivity index (χ0) is 17.1. The van der Waals surface area contributed by atoms with Gasteiger partial charge in [-0.25, -0.2) is 9.97 Å². The number of nitrogen functional groups attached to an aromatic ring is 2. The molecule has 3 rings (SSSR count). The highest BCUT2D eigenvalue weighted by Gasteiger charge is 2.06. The molecule has 0 unspecified atom stereocenters. The second-order valence-corrected chi connectivity index (χ2v) is 4.99. The number of rotatable bonds is 4. The van der Waals surface area contributed by atoms with Crippen molar-refractivity contribution in [2.24, 2.45) is 11.5 Å². The van der Waals surface area contributed by atoms with Gasteiger partial charge in [0.2, 0.25) is 0 Å². The molecule has 8 heteroatoms. The van der Waals surface area contributed by atoms with E-state index in [0.29, 0.717) is 17.2 Å². The fourth-order valence-corrected chi connectivity index (χ4v) is 2.04. The van der Waals surface area contributed by atoms with Gasteiger partial charge in [-0.05, 0) is 18.2 Å². The SMILES string of the molecule is N=C(N)c1ccc(-c2cnc(-c3ccc(C(=N)N)nc3)nc2)cn1. The molecule has 0 saturated carbocycles. The van der Waals surface area contributed by atoms with Crippen molar-refractivity contribution in [1.29, 1.82) is 10.8 Å². The Labute approximate surface area is 137 Å². The van der Waals surface area contributed by atoms with E-state index >= 15 is 0 Å². The Morgan fingerprint density at radius 1 is 0.625 bits per heavy atom. The van der Waals surface area contributed by atoms with Gasteiger partial charge in [-0.1, -0.05) is 6.07 Å². The molecule has 3 aromatic heterocycles. The van der Waals surface area contributed by atoms with E-state index in [2.05, 4.69) is 19.9 Å². The van der Waals surface area contributed by atoms with E-state index in [9.17, 15) is 0 Å². The lowest BCUT2D eigenvalue weighted by Gasteiger charge is -2.04. The topological polar surface area (TPSA) is 151 Å². The lowest BCUT2D eigenvalue weighted by atomic mass is 10.1. The Balaban J connectivity index is 1.84. The molecule has 0 aliphatic heterocycles. The average Bonchev–Trinajstić information content (AvgIpc) is 2.62. The van der Waals surface area contributed by atoms with Gasteiger partial charge >= 0.3 is 0 Å². The van der Waals surface area contributed by atoms with E-state index in [1.54, 1.807) is 43.0 Å². The summed E-state index contributed by atoms with van der Waals surface area (Å²) < 4.78 is 0. The van der Waals surface area contributed by atoms with E-state index < -0.39 is 0 Å². The highest BCUT2D eigenvalue weighted by atomic mass is 14.9. The van der Waals surface area contributed by atoms with Gasteiger partial charge in [0.15, 0.2) is 5.82 Å². The minimum absolute atomic E-state index is 0.0744. The second-order valence-electron chi connectivity index (χ2n) is 4.99. The summed E-state index contributed by atoms with van der Waals surface area (Å²) in [6, 6.07) is 6.91. The predicted octanol–water partition coefficient (Wildman–Crippen LogP) is 1.17. The summed E-state index contributed by atoms with van der Waals surface area (Å²) in [6.07, 6.45) is 6.57. The van der Waals surface area contributed by atoms with Crippen molar-refractivity contribution in [1.82, 2.24) is 19.9 Å². The van der Waals surface area contributed by atoms with Crippen LogP contribution in [0.3, 0.4) is 0 Å². The summed E-state index contributed by atoms with van der Waals surface area (Å²) in [5.41, 5.74) is 14.0. The highest BCUT2D eigenvalue weighted by Crippen LogP contribution is 2.19. The normalized spacial score (nSPS) is 10.3. The Morgan fingerprint density at radius 2 is 1.08 bits per heavy atom. The largest absolute Gasteiger partial charge is 0.382 e. The number of amidine groups is 2. The Bertz CT molecular complexity index is 806. The molecule has 6 N–H and O–H groups in total. The molecule has 0 atom stereocenters. The first kappa shape index (κ1) is 15.2. The van der Waals surface area contributed by atoms with E-state index in [1.165, 1.54) is 0 Å². The van der Waals surface area contributed by atoms with Crippen LogP contribution in [0.15, 0.2) is 49.1 Å². The number of nitrogens with zero attached hydrogens (tertiary/aromatic N) is 4. The monoisotopic (exact) mass is 318 g/mol. The molecular weight excluding hydrogens is 304 g/mol. The van der Waals surface area contributed by atoms with Crippen LogP contribution < -0.4 is 11.5 Å². The lowest BCUT2D eigenvalue weighted by molar-refractivity contribution is 1.16. The summed E-state index contributed by atoms with van der Waals surface area (Å²) in [6.45, 7) is 0. The van der Waals surface area contributed by atoms with E-state index in [4.69, 9.17) is 22.3 Å². The van der Waals surface area contributed by atoms with Gasteiger partial charge in [0.25, 0.3) is 0 Å². The van der Waals surface area contributed by atoms with Gasteiger partial charge in [0, 0.05) is 41.5 Å². The third kappa shape index (κ3) is 3.07. The number of aromatic nitrogens is 4. The molecule has 0 aromatic carbocycles. The lowest BCUT2D eigenvalue weighted by Crippen LogP contribution is -2.12. The number of nitrogens with one attached hydrogen (secondary N) is 2. The van der Waals surface area contributed by atoms with Crippen LogP contribution in [0.1, 0.15) is 11.4 Å². The molecule has 0 radical (unpaired) electrons. The molecule has 0 saturated heterocycles. The molecule has 0 aliphatic rings. The number of nitrogens with two attached hydrogens (primary N) is 2. The quantitative estimate of drug-likeness (QED) is 0.418. The van der Waals surface area contributed by atoms with Crippen molar-refractivity contribution in [3.05, 3.63) is 60.4 Å². The van der Waals surface area contributed by atoms with Crippen molar-refractivity contribution < 1.29 is 0 Å². The van der Waals surface area contributed by atoms with Crippen LogP contribution in [-0.4, -0.2) is 31.6 Å². The van der Waals surface area contributed by atoms with Gasteiger partial charge in [0.05, 0.1) is 0 Å². The number of hydrogen-bond acceptors (Lipinski definition) is 6. The molecule has 118 valence electrons. The molecule has 24 heavy (non-hydrogen) atoms. The molecule has 0 fully saturated rings. The fourth-order valence-electron chi connectivity index (χ4n) is 2.04. The van der Waals surface area contributed by atoms with Crippen molar-refractivity contribution in [2.45, 2.75) is 0 Å². The van der Waals surface area contributed by atoms with Gasteiger partial charge in [-0.3, -0.25) is 20.8 Å². The van der Waals surface area contributed by atoms with Crippen molar-refractivity contribution in [3.63, 3.8) is 0 Å². The van der Waals surface area contributed by atoms with Crippen molar-refractivity contribution in [2.75, 3.05) is 0 Å². The molecule has 0 amide bonds. The van der Waals surface area contributed by atoms with E-state index in [1.807, 2.05) is 6.07 Å². The first-order valence-electron chi connectivity index (χ1n) is 6.98. The number of hydrogen-bond donors (Lipinski definition) is 4. The summed E-state index contributed by atoms with van der Waals surface area (Å²) in [7, 11) is 0. The third-order valence-corrected chi connectivity index (χ3v) is 3.32. The van der Waals surface area contributed by atoms with Crippen LogP contribution in [0.2, 0.25) is 0 Å². The van der Waals surface area contributed by atoms with Crippen LogP contribution in [0.4, 0.5) is 0 Å². The first-order valence-corrected chi connectivity index (χ1v) is 6.98. The van der Waals surface area contributed by atoms with Gasteiger partial charge in [-0.2, -0.15) is 0 Å². The third-order valence-electron chi connectivity index (χ3n) is 3.32. The standard InChI is InChI=1S/C16H14N8/c17-14(18)12-3-1-9(5-21-12)11-7-23-16(24-8-11)10-2-4-13(15(19)20)22-6-10/h1-8H,(H3,17,18)(H3,19,20). The average molecular weight is 318 g/mol. The minimum Gasteiger partial charge on any atom is -0.382 e.